The molecule has 0 aliphatic heterocycles. The van der Waals surface area contributed by atoms with Gasteiger partial charge in [-0.05, 0) is 55.0 Å². The summed E-state index contributed by atoms with van der Waals surface area (Å²) in [5.41, 5.74) is 1.17. The number of ether oxygens (including phenoxy) is 2. The minimum absolute atomic E-state index is 0.0818. The number of rotatable bonds is 12. The van der Waals surface area contributed by atoms with Crippen LogP contribution in [0.5, 0.6) is 11.5 Å². The number of aryl methyl sites for hydroxylation is 1. The highest BCUT2D eigenvalue weighted by molar-refractivity contribution is 5.91. The summed E-state index contributed by atoms with van der Waals surface area (Å²) >= 11 is 0. The molecule has 0 spiro atoms. The smallest absolute Gasteiger partial charge is 0.346 e. The second kappa shape index (κ2) is 13.2. The molecule has 0 atom stereocenters. The van der Waals surface area contributed by atoms with Gasteiger partial charge in [0, 0.05) is 6.07 Å². The van der Waals surface area contributed by atoms with Crippen molar-refractivity contribution in [1.29, 1.82) is 0 Å². The number of halogens is 1. The summed E-state index contributed by atoms with van der Waals surface area (Å²) in [4.78, 5) is 12.4. The lowest BCUT2D eigenvalue weighted by atomic mass is 9.85. The van der Waals surface area contributed by atoms with Gasteiger partial charge < -0.3 is 9.47 Å². The van der Waals surface area contributed by atoms with Gasteiger partial charge in [-0.25, -0.2) is 9.18 Å². The zero-order chi connectivity index (χ0) is 22.6. The Bertz CT molecular complexity index is 825. The molecule has 0 radical (unpaired) electrons. The van der Waals surface area contributed by atoms with Crippen LogP contribution in [0.15, 0.2) is 42.5 Å². The molecule has 1 aliphatic carbocycles. The summed E-state index contributed by atoms with van der Waals surface area (Å²) in [7, 11) is 0. The van der Waals surface area contributed by atoms with Gasteiger partial charge in [-0.1, -0.05) is 76.8 Å². The molecule has 2 aromatic rings. The maximum Gasteiger partial charge on any atom is 0.346 e. The van der Waals surface area contributed by atoms with Crippen molar-refractivity contribution in [3.05, 3.63) is 59.4 Å². The third kappa shape index (κ3) is 7.96. The molecular weight excluding hydrogens is 403 g/mol. The Kier molecular flexibility index (Phi) is 10.1. The van der Waals surface area contributed by atoms with Crippen LogP contribution in [-0.4, -0.2) is 12.6 Å². The van der Waals surface area contributed by atoms with Crippen LogP contribution in [0.25, 0.3) is 0 Å². The molecule has 3 nitrogen and oxygen atoms in total. The highest BCUT2D eigenvalue weighted by Gasteiger charge is 2.16. The van der Waals surface area contributed by atoms with E-state index in [0.717, 1.165) is 25.2 Å². The second-order valence-electron chi connectivity index (χ2n) is 8.98. The van der Waals surface area contributed by atoms with Crippen LogP contribution in [0.1, 0.15) is 93.5 Å². The fourth-order valence-electron chi connectivity index (χ4n) is 4.38. The minimum Gasteiger partial charge on any atom is -0.493 e. The van der Waals surface area contributed by atoms with Gasteiger partial charge >= 0.3 is 5.97 Å². The van der Waals surface area contributed by atoms with E-state index >= 15 is 0 Å². The van der Waals surface area contributed by atoms with Gasteiger partial charge in [-0.2, -0.15) is 0 Å². The molecule has 4 heteroatoms. The van der Waals surface area contributed by atoms with E-state index in [0.29, 0.717) is 18.1 Å². The van der Waals surface area contributed by atoms with Gasteiger partial charge in [-0.15, -0.1) is 0 Å². The number of unbranched alkanes of at least 4 members (excludes halogenated alkanes) is 4. The fraction of sp³-hybridized carbons (Fsp3) is 0.536. The Balaban J connectivity index is 1.45. The average molecular weight is 441 g/mol. The maximum absolute atomic E-state index is 14.4. The van der Waals surface area contributed by atoms with Gasteiger partial charge in [0.25, 0.3) is 0 Å². The Morgan fingerprint density at radius 2 is 1.66 bits per heavy atom. The van der Waals surface area contributed by atoms with E-state index in [2.05, 4.69) is 6.92 Å². The van der Waals surface area contributed by atoms with E-state index in [1.807, 2.05) is 12.1 Å². The van der Waals surface area contributed by atoms with Crippen molar-refractivity contribution in [2.75, 3.05) is 6.61 Å². The van der Waals surface area contributed by atoms with Crippen molar-refractivity contribution >= 4 is 5.97 Å². The summed E-state index contributed by atoms with van der Waals surface area (Å²) in [5, 5.41) is 0. The van der Waals surface area contributed by atoms with Crippen molar-refractivity contribution in [2.45, 2.75) is 84.0 Å². The number of hydrogen-bond donors (Lipinski definition) is 0. The number of carbonyl (C=O) groups is 1. The quantitative estimate of drug-likeness (QED) is 0.191. The molecule has 174 valence electrons. The lowest BCUT2D eigenvalue weighted by Gasteiger charge is -2.21. The van der Waals surface area contributed by atoms with Gasteiger partial charge in [0.1, 0.15) is 17.3 Å². The Morgan fingerprint density at radius 1 is 0.938 bits per heavy atom. The first-order chi connectivity index (χ1) is 15.7. The topological polar surface area (TPSA) is 35.5 Å². The van der Waals surface area contributed by atoms with E-state index in [1.54, 1.807) is 18.2 Å². The molecule has 0 amide bonds. The molecule has 0 unspecified atom stereocenters. The van der Waals surface area contributed by atoms with Crippen LogP contribution in [0, 0.1) is 11.7 Å². The van der Waals surface area contributed by atoms with E-state index in [-0.39, 0.29) is 5.56 Å². The zero-order valence-corrected chi connectivity index (χ0v) is 19.4. The molecule has 0 aromatic heterocycles. The van der Waals surface area contributed by atoms with Gasteiger partial charge in [0.2, 0.25) is 0 Å². The summed E-state index contributed by atoms with van der Waals surface area (Å²) in [6.45, 7) is 2.74. The molecule has 1 aliphatic rings. The van der Waals surface area contributed by atoms with Crippen molar-refractivity contribution < 1.29 is 18.7 Å². The van der Waals surface area contributed by atoms with Gasteiger partial charge in [0.05, 0.1) is 12.2 Å². The number of benzene rings is 2. The first-order valence-electron chi connectivity index (χ1n) is 12.4. The average Bonchev–Trinajstić information content (AvgIpc) is 2.81. The molecule has 0 heterocycles. The molecule has 0 N–H and O–H groups in total. The van der Waals surface area contributed by atoms with Crippen molar-refractivity contribution in [3.8, 4) is 11.5 Å². The van der Waals surface area contributed by atoms with Crippen LogP contribution in [-0.2, 0) is 6.42 Å². The fourth-order valence-corrected chi connectivity index (χ4v) is 4.38. The Morgan fingerprint density at radius 3 is 2.38 bits per heavy atom. The first kappa shape index (κ1) is 24.3. The Labute approximate surface area is 192 Å². The van der Waals surface area contributed by atoms with Crippen LogP contribution in [0.2, 0.25) is 0 Å². The van der Waals surface area contributed by atoms with Crippen LogP contribution in [0.3, 0.4) is 0 Å². The molecule has 0 bridgehead atoms. The van der Waals surface area contributed by atoms with E-state index in [4.69, 9.17) is 9.47 Å². The third-order valence-electron chi connectivity index (χ3n) is 6.38. The van der Waals surface area contributed by atoms with Crippen LogP contribution in [0.4, 0.5) is 4.39 Å². The normalized spacial score (nSPS) is 14.3. The first-order valence-corrected chi connectivity index (χ1v) is 12.4. The molecule has 2 aromatic carbocycles. The lowest BCUT2D eigenvalue weighted by Crippen LogP contribution is -2.11. The number of esters is 1. The highest BCUT2D eigenvalue weighted by Crippen LogP contribution is 2.28. The van der Waals surface area contributed by atoms with Crippen LogP contribution < -0.4 is 9.47 Å². The van der Waals surface area contributed by atoms with Crippen molar-refractivity contribution in [2.24, 2.45) is 5.92 Å². The predicted octanol–water partition coefficient (Wildman–Crippen LogP) is 7.91. The molecule has 3 rings (SSSR count). The molecule has 1 saturated carbocycles. The summed E-state index contributed by atoms with van der Waals surface area (Å²) in [6, 6.07) is 11.9. The number of hydrogen-bond acceptors (Lipinski definition) is 3. The standard InChI is InChI=1S/C28H37FO3/c1-2-3-4-5-9-20-31-25-18-19-26(27(29)21-25)28(30)32-24-16-14-23(15-17-24)13-12-22-10-7-6-8-11-22/h14-19,21-22H,2-13,20H2,1H3. The van der Waals surface area contributed by atoms with Gasteiger partial charge in [-0.3, -0.25) is 0 Å². The zero-order valence-electron chi connectivity index (χ0n) is 19.4. The monoisotopic (exact) mass is 440 g/mol. The molecule has 32 heavy (non-hydrogen) atoms. The Hall–Kier alpha value is -2.36. The van der Waals surface area contributed by atoms with Crippen molar-refractivity contribution in [1.82, 2.24) is 0 Å². The molecule has 0 saturated heterocycles. The summed E-state index contributed by atoms with van der Waals surface area (Å²) in [5.74, 6) is 0.406. The van der Waals surface area contributed by atoms with E-state index < -0.39 is 11.8 Å². The largest absolute Gasteiger partial charge is 0.493 e. The minimum atomic E-state index is -0.691. The number of carbonyl (C=O) groups excluding carboxylic acids is 1. The highest BCUT2D eigenvalue weighted by atomic mass is 19.1. The third-order valence-corrected chi connectivity index (χ3v) is 6.38. The maximum atomic E-state index is 14.4. The summed E-state index contributed by atoms with van der Waals surface area (Å²) in [6.07, 6.45) is 14.8. The lowest BCUT2D eigenvalue weighted by molar-refractivity contribution is 0.0730. The molecular formula is C28H37FO3. The predicted molar refractivity (Wildman–Crippen MR) is 127 cm³/mol. The van der Waals surface area contributed by atoms with Gasteiger partial charge in [0.15, 0.2) is 0 Å². The van der Waals surface area contributed by atoms with E-state index in [9.17, 15) is 9.18 Å². The SMILES string of the molecule is CCCCCCCOc1ccc(C(=O)Oc2ccc(CCC3CCCCC3)cc2)c(F)c1. The summed E-state index contributed by atoms with van der Waals surface area (Å²) < 4.78 is 25.4. The van der Waals surface area contributed by atoms with Crippen molar-refractivity contribution in [3.63, 3.8) is 0 Å². The molecule has 1 fully saturated rings. The second-order valence-corrected chi connectivity index (χ2v) is 8.98. The van der Waals surface area contributed by atoms with Crippen LogP contribution >= 0.6 is 0 Å². The van der Waals surface area contributed by atoms with E-state index in [1.165, 1.54) is 75.5 Å².